The standard InChI is InChI=1S/C17H20N2OS/c18-16(13-5-2-1-3-6-13)11-17(20)19(14-8-9-14)12-15-7-4-10-21-15/h1-7,10,14,16H,8-9,11-12,18H2/t16-/m0/s1. The first kappa shape index (κ1) is 14.3. The summed E-state index contributed by atoms with van der Waals surface area (Å²) in [4.78, 5) is 15.8. The van der Waals surface area contributed by atoms with Crippen LogP contribution in [0.5, 0.6) is 0 Å². The second-order valence-electron chi connectivity index (χ2n) is 5.55. The van der Waals surface area contributed by atoms with Crippen molar-refractivity contribution in [3.63, 3.8) is 0 Å². The van der Waals surface area contributed by atoms with Crippen molar-refractivity contribution < 1.29 is 4.79 Å². The molecule has 0 radical (unpaired) electrons. The summed E-state index contributed by atoms with van der Waals surface area (Å²) in [7, 11) is 0. The minimum absolute atomic E-state index is 0.169. The molecule has 1 fully saturated rings. The molecular weight excluding hydrogens is 280 g/mol. The van der Waals surface area contributed by atoms with Crippen LogP contribution in [-0.2, 0) is 11.3 Å². The maximum absolute atomic E-state index is 12.6. The maximum atomic E-state index is 12.6. The Morgan fingerprint density at radius 1 is 1.24 bits per heavy atom. The van der Waals surface area contributed by atoms with E-state index in [-0.39, 0.29) is 11.9 Å². The molecule has 1 aliphatic rings. The fourth-order valence-corrected chi connectivity index (χ4v) is 3.20. The molecule has 1 aromatic heterocycles. The van der Waals surface area contributed by atoms with Gasteiger partial charge in [0.25, 0.3) is 0 Å². The Kier molecular flexibility index (Phi) is 4.36. The van der Waals surface area contributed by atoms with E-state index in [1.807, 2.05) is 41.3 Å². The monoisotopic (exact) mass is 300 g/mol. The van der Waals surface area contributed by atoms with Crippen molar-refractivity contribution in [3.8, 4) is 0 Å². The minimum atomic E-state index is -0.219. The molecule has 1 amide bonds. The molecule has 0 aliphatic heterocycles. The van der Waals surface area contributed by atoms with Gasteiger partial charge in [-0.05, 0) is 29.9 Å². The summed E-state index contributed by atoms with van der Waals surface area (Å²) in [5.41, 5.74) is 7.21. The smallest absolute Gasteiger partial charge is 0.225 e. The molecule has 2 aromatic rings. The van der Waals surface area contributed by atoms with Gasteiger partial charge >= 0.3 is 0 Å². The molecule has 3 rings (SSSR count). The predicted molar refractivity (Wildman–Crippen MR) is 85.9 cm³/mol. The molecular formula is C17H20N2OS. The van der Waals surface area contributed by atoms with Crippen LogP contribution in [0, 0.1) is 0 Å². The Labute approximate surface area is 129 Å². The highest BCUT2D eigenvalue weighted by Crippen LogP contribution is 2.30. The molecule has 1 heterocycles. The number of carbonyl (C=O) groups excluding carboxylic acids is 1. The number of hydrogen-bond acceptors (Lipinski definition) is 3. The van der Waals surface area contributed by atoms with E-state index in [4.69, 9.17) is 5.73 Å². The predicted octanol–water partition coefficient (Wildman–Crippen LogP) is 3.33. The van der Waals surface area contributed by atoms with Crippen LogP contribution in [0.15, 0.2) is 47.8 Å². The largest absolute Gasteiger partial charge is 0.335 e. The molecule has 3 nitrogen and oxygen atoms in total. The molecule has 4 heteroatoms. The topological polar surface area (TPSA) is 46.3 Å². The number of nitrogens with zero attached hydrogens (tertiary/aromatic N) is 1. The fraction of sp³-hybridized carbons (Fsp3) is 0.353. The van der Waals surface area contributed by atoms with Crippen LogP contribution in [0.4, 0.5) is 0 Å². The highest BCUT2D eigenvalue weighted by molar-refractivity contribution is 7.09. The van der Waals surface area contributed by atoms with Crippen LogP contribution in [0.2, 0.25) is 0 Å². The lowest BCUT2D eigenvalue weighted by molar-refractivity contribution is -0.132. The van der Waals surface area contributed by atoms with E-state index < -0.39 is 0 Å². The molecule has 1 saturated carbocycles. The normalized spacial score (nSPS) is 15.7. The van der Waals surface area contributed by atoms with Gasteiger partial charge < -0.3 is 10.6 Å². The van der Waals surface area contributed by atoms with Gasteiger partial charge in [0.1, 0.15) is 0 Å². The van der Waals surface area contributed by atoms with Crippen molar-refractivity contribution in [3.05, 3.63) is 58.3 Å². The Morgan fingerprint density at radius 2 is 2.00 bits per heavy atom. The average Bonchev–Trinajstić information content (AvgIpc) is 3.21. The Hall–Kier alpha value is -1.65. The van der Waals surface area contributed by atoms with Crippen LogP contribution in [0.1, 0.15) is 35.7 Å². The lowest BCUT2D eigenvalue weighted by atomic mass is 10.0. The van der Waals surface area contributed by atoms with E-state index >= 15 is 0 Å². The van der Waals surface area contributed by atoms with Gasteiger partial charge in [-0.2, -0.15) is 0 Å². The molecule has 21 heavy (non-hydrogen) atoms. The molecule has 1 aliphatic carbocycles. The zero-order valence-corrected chi connectivity index (χ0v) is 12.8. The number of nitrogens with two attached hydrogens (primary N) is 1. The van der Waals surface area contributed by atoms with E-state index in [1.54, 1.807) is 11.3 Å². The third-order valence-corrected chi connectivity index (χ3v) is 4.70. The molecule has 0 saturated heterocycles. The van der Waals surface area contributed by atoms with Crippen molar-refractivity contribution in [2.24, 2.45) is 5.73 Å². The fourth-order valence-electron chi connectivity index (χ4n) is 2.50. The van der Waals surface area contributed by atoms with E-state index in [0.717, 1.165) is 24.9 Å². The number of thiophene rings is 1. The van der Waals surface area contributed by atoms with Gasteiger partial charge in [-0.25, -0.2) is 0 Å². The summed E-state index contributed by atoms with van der Waals surface area (Å²) < 4.78 is 0. The molecule has 1 atom stereocenters. The van der Waals surface area contributed by atoms with E-state index in [9.17, 15) is 4.79 Å². The van der Waals surface area contributed by atoms with Crippen LogP contribution in [-0.4, -0.2) is 16.8 Å². The SMILES string of the molecule is N[C@@H](CC(=O)N(Cc1cccs1)C1CC1)c1ccccc1. The first-order valence-electron chi connectivity index (χ1n) is 7.36. The Morgan fingerprint density at radius 3 is 2.62 bits per heavy atom. The van der Waals surface area contributed by atoms with Crippen LogP contribution in [0.3, 0.4) is 0 Å². The molecule has 1 aromatic carbocycles. The Bertz CT molecular complexity index is 578. The van der Waals surface area contributed by atoms with Gasteiger partial charge in [-0.15, -0.1) is 11.3 Å². The first-order valence-corrected chi connectivity index (χ1v) is 8.24. The number of amides is 1. The number of hydrogen-bond donors (Lipinski definition) is 1. The molecule has 0 spiro atoms. The second-order valence-corrected chi connectivity index (χ2v) is 6.59. The summed E-state index contributed by atoms with van der Waals surface area (Å²) in [6.45, 7) is 0.725. The lowest BCUT2D eigenvalue weighted by Gasteiger charge is -2.23. The van der Waals surface area contributed by atoms with Gasteiger partial charge in [0.2, 0.25) is 5.91 Å². The summed E-state index contributed by atoms with van der Waals surface area (Å²) >= 11 is 1.70. The van der Waals surface area contributed by atoms with Crippen LogP contribution >= 0.6 is 11.3 Å². The van der Waals surface area contributed by atoms with Crippen molar-refractivity contribution in [1.82, 2.24) is 4.90 Å². The van der Waals surface area contributed by atoms with Crippen LogP contribution < -0.4 is 5.73 Å². The maximum Gasteiger partial charge on any atom is 0.225 e. The van der Waals surface area contributed by atoms with Crippen molar-refractivity contribution in [2.75, 3.05) is 0 Å². The summed E-state index contributed by atoms with van der Waals surface area (Å²) in [6.07, 6.45) is 2.63. The molecule has 0 bridgehead atoms. The van der Waals surface area contributed by atoms with Crippen molar-refractivity contribution >= 4 is 17.2 Å². The van der Waals surface area contributed by atoms with Gasteiger partial charge in [0.05, 0.1) is 6.54 Å². The number of carbonyl (C=O) groups is 1. The van der Waals surface area contributed by atoms with Gasteiger partial charge in [-0.3, -0.25) is 4.79 Å². The summed E-state index contributed by atoms with van der Waals surface area (Å²) in [5.74, 6) is 0.169. The average molecular weight is 300 g/mol. The number of rotatable bonds is 6. The third-order valence-electron chi connectivity index (χ3n) is 3.84. The lowest BCUT2D eigenvalue weighted by Crippen LogP contribution is -2.34. The van der Waals surface area contributed by atoms with Crippen molar-refractivity contribution in [2.45, 2.75) is 37.9 Å². The van der Waals surface area contributed by atoms with Crippen molar-refractivity contribution in [1.29, 1.82) is 0 Å². The van der Waals surface area contributed by atoms with Gasteiger partial charge in [-0.1, -0.05) is 36.4 Å². The van der Waals surface area contributed by atoms with E-state index in [0.29, 0.717) is 12.5 Å². The van der Waals surface area contributed by atoms with E-state index in [1.165, 1.54) is 4.88 Å². The summed E-state index contributed by atoms with van der Waals surface area (Å²) in [5, 5.41) is 2.06. The summed E-state index contributed by atoms with van der Waals surface area (Å²) in [6, 6.07) is 14.2. The second kappa shape index (κ2) is 6.41. The van der Waals surface area contributed by atoms with Gasteiger partial charge in [0.15, 0.2) is 0 Å². The number of benzene rings is 1. The molecule has 0 unspecified atom stereocenters. The van der Waals surface area contributed by atoms with E-state index in [2.05, 4.69) is 11.4 Å². The quantitative estimate of drug-likeness (QED) is 0.889. The first-order chi connectivity index (χ1) is 10.2. The zero-order chi connectivity index (χ0) is 14.7. The third kappa shape index (κ3) is 3.71. The highest BCUT2D eigenvalue weighted by Gasteiger charge is 2.33. The Balaban J connectivity index is 1.64. The molecule has 2 N–H and O–H groups in total. The molecule has 110 valence electrons. The zero-order valence-electron chi connectivity index (χ0n) is 11.9. The minimum Gasteiger partial charge on any atom is -0.335 e. The highest BCUT2D eigenvalue weighted by atomic mass is 32.1. The van der Waals surface area contributed by atoms with Gasteiger partial charge in [0, 0.05) is 23.4 Å². The van der Waals surface area contributed by atoms with Crippen LogP contribution in [0.25, 0.3) is 0 Å².